The lowest BCUT2D eigenvalue weighted by Crippen LogP contribution is -2.47. The normalized spacial score (nSPS) is 14.0. The summed E-state index contributed by atoms with van der Waals surface area (Å²) in [5.74, 6) is -1.06. The Morgan fingerprint density at radius 2 is 0.917 bits per heavy atom. The van der Waals surface area contributed by atoms with Crippen molar-refractivity contribution in [2.24, 2.45) is 0 Å². The zero-order chi connectivity index (χ0) is 35.4. The Labute approximate surface area is 296 Å². The van der Waals surface area contributed by atoms with Gasteiger partial charge in [0.2, 0.25) is 5.91 Å². The molecule has 1 amide bonds. The zero-order valence-corrected chi connectivity index (χ0v) is 31.7. The van der Waals surface area contributed by atoms with Crippen LogP contribution in [0, 0.1) is 0 Å². The molecule has 0 aromatic rings. The summed E-state index contributed by atoms with van der Waals surface area (Å²) in [5, 5.41) is 13.2. The molecule has 0 rings (SSSR count). The number of hydrogen-bond donors (Lipinski definition) is 3. The van der Waals surface area contributed by atoms with Crippen molar-refractivity contribution in [1.29, 1.82) is 0 Å². The van der Waals surface area contributed by atoms with Crippen LogP contribution >= 0.6 is 0 Å². The van der Waals surface area contributed by atoms with Crippen molar-refractivity contribution in [2.45, 2.75) is 187 Å². The number of carbonyl (C=O) groups excluding carboxylic acids is 1. The van der Waals surface area contributed by atoms with E-state index in [0.29, 0.717) is 12.8 Å². The monoisotopic (exact) mass is 692 g/mol. The van der Waals surface area contributed by atoms with E-state index < -0.39 is 28.0 Å². The van der Waals surface area contributed by atoms with Crippen molar-refractivity contribution >= 4 is 16.0 Å². The fraction of sp³-hybridized carbons (Fsp3) is 0.732. The Hall–Kier alpha value is -1.96. The highest BCUT2D eigenvalue weighted by atomic mass is 32.2. The molecule has 278 valence electrons. The van der Waals surface area contributed by atoms with Crippen molar-refractivity contribution in [3.63, 3.8) is 0 Å². The van der Waals surface area contributed by atoms with Crippen LogP contribution in [-0.4, -0.2) is 41.9 Å². The summed E-state index contributed by atoms with van der Waals surface area (Å²) in [6.07, 6.45) is 47.7. The van der Waals surface area contributed by atoms with Gasteiger partial charge in [0, 0.05) is 6.42 Å². The van der Waals surface area contributed by atoms with Gasteiger partial charge in [-0.05, 0) is 38.5 Å². The van der Waals surface area contributed by atoms with Gasteiger partial charge in [-0.25, -0.2) is 0 Å². The second-order valence-electron chi connectivity index (χ2n) is 13.2. The third-order valence-electron chi connectivity index (χ3n) is 8.52. The van der Waals surface area contributed by atoms with E-state index >= 15 is 0 Å². The van der Waals surface area contributed by atoms with Gasteiger partial charge in [0.1, 0.15) is 0 Å². The Bertz CT molecular complexity index is 983. The van der Waals surface area contributed by atoms with Crippen LogP contribution in [0.15, 0.2) is 60.8 Å². The number of nitrogens with one attached hydrogen (secondary N) is 1. The molecule has 0 aliphatic heterocycles. The van der Waals surface area contributed by atoms with Crippen LogP contribution in [0.4, 0.5) is 0 Å². The van der Waals surface area contributed by atoms with Gasteiger partial charge in [0.05, 0.1) is 17.9 Å². The highest BCUT2D eigenvalue weighted by Gasteiger charge is 2.25. The Balaban J connectivity index is 4.02. The fourth-order valence-electron chi connectivity index (χ4n) is 5.64. The first kappa shape index (κ1) is 46.0. The molecular weight excluding hydrogens is 619 g/mol. The molecule has 6 nitrogen and oxygen atoms in total. The maximum absolute atomic E-state index is 12.4. The van der Waals surface area contributed by atoms with Crippen LogP contribution < -0.4 is 5.32 Å². The maximum atomic E-state index is 12.4. The Kier molecular flexibility index (Phi) is 33.5. The van der Waals surface area contributed by atoms with Gasteiger partial charge < -0.3 is 10.4 Å². The molecule has 2 unspecified atom stereocenters. The van der Waals surface area contributed by atoms with E-state index in [1.54, 1.807) is 6.08 Å². The molecule has 2 atom stereocenters. The van der Waals surface area contributed by atoms with Crippen LogP contribution in [-0.2, 0) is 14.9 Å². The zero-order valence-electron chi connectivity index (χ0n) is 30.8. The Morgan fingerprint density at radius 1 is 0.562 bits per heavy atom. The topological polar surface area (TPSA) is 104 Å². The second kappa shape index (κ2) is 34.9. The van der Waals surface area contributed by atoms with Crippen LogP contribution in [0.25, 0.3) is 0 Å². The van der Waals surface area contributed by atoms with Gasteiger partial charge >= 0.3 is 0 Å². The molecule has 7 heteroatoms. The fourth-order valence-corrected chi connectivity index (χ4v) is 6.40. The van der Waals surface area contributed by atoms with E-state index in [1.165, 1.54) is 96.3 Å². The van der Waals surface area contributed by atoms with Crippen LogP contribution in [0.1, 0.15) is 174 Å². The molecule has 0 spiro atoms. The summed E-state index contributed by atoms with van der Waals surface area (Å²) in [7, 11) is -4.34. The predicted octanol–water partition coefficient (Wildman–Crippen LogP) is 11.3. The van der Waals surface area contributed by atoms with Crippen molar-refractivity contribution in [3.8, 4) is 0 Å². The molecule has 0 radical (unpaired) electrons. The number of hydrogen-bond acceptors (Lipinski definition) is 4. The average Bonchev–Trinajstić information content (AvgIpc) is 3.05. The van der Waals surface area contributed by atoms with E-state index in [9.17, 15) is 22.9 Å². The molecule has 0 saturated heterocycles. The van der Waals surface area contributed by atoms with Crippen LogP contribution in [0.2, 0.25) is 0 Å². The van der Waals surface area contributed by atoms with E-state index in [4.69, 9.17) is 0 Å². The predicted molar refractivity (Wildman–Crippen MR) is 207 cm³/mol. The van der Waals surface area contributed by atoms with Crippen molar-refractivity contribution in [3.05, 3.63) is 60.8 Å². The largest absolute Gasteiger partial charge is 0.391 e. The molecular formula is C41H73NO5S. The molecule has 0 aliphatic rings. The van der Waals surface area contributed by atoms with E-state index in [1.807, 2.05) is 12.2 Å². The first-order valence-electron chi connectivity index (χ1n) is 19.5. The lowest BCUT2D eigenvalue weighted by atomic mass is 10.0. The number of rotatable bonds is 34. The number of carbonyl (C=O) groups is 1. The molecule has 0 fully saturated rings. The number of allylic oxidation sites excluding steroid dienone is 9. The molecule has 0 aromatic heterocycles. The molecule has 0 aliphatic carbocycles. The third kappa shape index (κ3) is 35.3. The van der Waals surface area contributed by atoms with E-state index in [0.717, 1.165) is 44.9 Å². The van der Waals surface area contributed by atoms with Crippen molar-refractivity contribution in [2.75, 3.05) is 5.75 Å². The number of aliphatic hydroxyl groups is 1. The number of unbranched alkanes of at least 4 members (excludes halogenated alkanes) is 17. The van der Waals surface area contributed by atoms with Crippen molar-refractivity contribution < 1.29 is 22.9 Å². The molecule has 0 bridgehead atoms. The van der Waals surface area contributed by atoms with Gasteiger partial charge in [-0.15, -0.1) is 0 Å². The minimum absolute atomic E-state index is 0.0847. The summed E-state index contributed by atoms with van der Waals surface area (Å²) >= 11 is 0. The van der Waals surface area contributed by atoms with Gasteiger partial charge in [0.25, 0.3) is 10.1 Å². The third-order valence-corrected chi connectivity index (χ3v) is 9.30. The van der Waals surface area contributed by atoms with E-state index in [2.05, 4.69) is 61.7 Å². The molecule has 0 heterocycles. The molecule has 3 N–H and O–H groups in total. The first-order chi connectivity index (χ1) is 23.3. The Morgan fingerprint density at radius 3 is 1.29 bits per heavy atom. The lowest BCUT2D eigenvalue weighted by molar-refractivity contribution is -0.121. The smallest absolute Gasteiger partial charge is 0.266 e. The summed E-state index contributed by atoms with van der Waals surface area (Å²) < 4.78 is 32.4. The average molecular weight is 692 g/mol. The van der Waals surface area contributed by atoms with Crippen LogP contribution in [0.5, 0.6) is 0 Å². The quantitative estimate of drug-likeness (QED) is 0.0354. The summed E-state index contributed by atoms with van der Waals surface area (Å²) in [5.41, 5.74) is 0. The molecule has 48 heavy (non-hydrogen) atoms. The molecule has 0 saturated carbocycles. The lowest BCUT2D eigenvalue weighted by Gasteiger charge is -2.23. The van der Waals surface area contributed by atoms with E-state index in [-0.39, 0.29) is 12.3 Å². The highest BCUT2D eigenvalue weighted by molar-refractivity contribution is 7.85. The minimum atomic E-state index is -4.34. The first-order valence-corrected chi connectivity index (χ1v) is 21.1. The SMILES string of the molecule is CC/C=C\C/C=C\C/C=C\C/C=C\C/C=C\CC(=O)NC(CS(=O)(=O)O)C(O)CCCCCCCCCCCCCCCCCCCC. The summed E-state index contributed by atoms with van der Waals surface area (Å²) in [6.45, 7) is 4.40. The van der Waals surface area contributed by atoms with Gasteiger partial charge in [0.15, 0.2) is 0 Å². The highest BCUT2D eigenvalue weighted by Crippen LogP contribution is 2.16. The number of amides is 1. The van der Waals surface area contributed by atoms with Gasteiger partial charge in [-0.3, -0.25) is 9.35 Å². The second-order valence-corrected chi connectivity index (χ2v) is 14.7. The van der Waals surface area contributed by atoms with Crippen LogP contribution in [0.3, 0.4) is 0 Å². The summed E-state index contributed by atoms with van der Waals surface area (Å²) in [4.78, 5) is 12.4. The van der Waals surface area contributed by atoms with Gasteiger partial charge in [-0.1, -0.05) is 190 Å². The standard InChI is InChI=1S/C41H73NO5S/c1-3-5-7-9-11-13-15-17-19-20-21-23-24-26-28-30-32-34-36-40(43)39(38-48(45,46)47)42-41(44)37-35-33-31-29-27-25-22-18-16-14-12-10-8-6-4-2/h6,8,12,14,18,22,27,29,33,35,39-40,43H,3-5,7,9-11,13,15-17,19-21,23-26,28,30-32,34,36-38H2,1-2H3,(H,42,44)(H,45,46,47)/b8-6-,14-12-,22-18-,29-27-,35-33-. The maximum Gasteiger partial charge on any atom is 0.266 e. The van der Waals surface area contributed by atoms with Gasteiger partial charge in [-0.2, -0.15) is 8.42 Å². The molecule has 0 aromatic carbocycles. The minimum Gasteiger partial charge on any atom is -0.391 e. The summed E-state index contributed by atoms with van der Waals surface area (Å²) in [6, 6.07) is -1.03. The number of aliphatic hydroxyl groups excluding tert-OH is 1. The van der Waals surface area contributed by atoms with Crippen molar-refractivity contribution in [1.82, 2.24) is 5.32 Å².